The molecule has 0 saturated carbocycles. The Hall–Kier alpha value is -3.07. The number of aromatic amines is 2. The van der Waals surface area contributed by atoms with Gasteiger partial charge in [-0.1, -0.05) is 36.4 Å². The molecule has 0 bridgehead atoms. The van der Waals surface area contributed by atoms with Crippen molar-refractivity contribution in [2.45, 2.75) is 0 Å². The second kappa shape index (κ2) is 3.98. The standard InChI is InChI=1S/C19H13N3/c20-11-8-9-12-13-5-3-7-16-18(13)19(22-17(12)10-11)14-4-1-2-6-15(14)21-16/h1-10,20-22H. The monoisotopic (exact) mass is 283 g/mol. The van der Waals surface area contributed by atoms with E-state index in [-0.39, 0.29) is 0 Å². The number of aromatic nitrogens is 2. The maximum absolute atomic E-state index is 7.88. The predicted octanol–water partition coefficient (Wildman–Crippen LogP) is 4.44. The first-order valence-electron chi connectivity index (χ1n) is 7.31. The summed E-state index contributed by atoms with van der Waals surface area (Å²) in [5.41, 5.74) is 4.36. The minimum absolute atomic E-state index is 0.522. The lowest BCUT2D eigenvalue weighted by Gasteiger charge is -2.12. The van der Waals surface area contributed by atoms with E-state index in [1.54, 1.807) is 0 Å². The summed E-state index contributed by atoms with van der Waals surface area (Å²) in [5.74, 6) is 0. The third kappa shape index (κ3) is 1.42. The molecule has 0 fully saturated rings. The molecule has 3 N–H and O–H groups in total. The maximum atomic E-state index is 7.88. The highest BCUT2D eigenvalue weighted by Gasteiger charge is 2.10. The van der Waals surface area contributed by atoms with Crippen molar-refractivity contribution in [3.63, 3.8) is 0 Å². The summed E-state index contributed by atoms with van der Waals surface area (Å²) in [4.78, 5) is 7.07. The lowest BCUT2D eigenvalue weighted by molar-refractivity contribution is 1.28. The zero-order valence-electron chi connectivity index (χ0n) is 11.8. The molecule has 0 spiro atoms. The molecule has 0 aliphatic carbocycles. The zero-order chi connectivity index (χ0) is 14.7. The molecule has 3 aromatic carbocycles. The van der Waals surface area contributed by atoms with Gasteiger partial charge in [-0.05, 0) is 29.7 Å². The van der Waals surface area contributed by atoms with E-state index in [0.29, 0.717) is 5.36 Å². The quantitative estimate of drug-likeness (QED) is 0.278. The van der Waals surface area contributed by atoms with Gasteiger partial charge in [0.25, 0.3) is 0 Å². The van der Waals surface area contributed by atoms with Gasteiger partial charge in [-0.2, -0.15) is 0 Å². The van der Waals surface area contributed by atoms with Crippen LogP contribution in [0.5, 0.6) is 0 Å². The second-order valence-electron chi connectivity index (χ2n) is 5.66. The molecule has 0 amide bonds. The lowest BCUT2D eigenvalue weighted by atomic mass is 10.0. The normalized spacial score (nSPS) is 11.8. The molecule has 104 valence electrons. The summed E-state index contributed by atoms with van der Waals surface area (Å²) in [6, 6.07) is 20.4. The second-order valence-corrected chi connectivity index (χ2v) is 5.66. The molecule has 2 aromatic heterocycles. The van der Waals surface area contributed by atoms with Crippen LogP contribution in [0.25, 0.3) is 43.6 Å². The van der Waals surface area contributed by atoms with Gasteiger partial charge in [0.05, 0.1) is 10.9 Å². The van der Waals surface area contributed by atoms with Gasteiger partial charge >= 0.3 is 0 Å². The van der Waals surface area contributed by atoms with Crippen LogP contribution in [0, 0.1) is 5.41 Å². The molecular formula is C19H13N3. The van der Waals surface area contributed by atoms with Crippen LogP contribution in [0.15, 0.2) is 60.7 Å². The number of rotatable bonds is 0. The fourth-order valence-corrected chi connectivity index (χ4v) is 3.39. The molecule has 5 rings (SSSR count). The van der Waals surface area contributed by atoms with Crippen LogP contribution < -0.4 is 5.36 Å². The van der Waals surface area contributed by atoms with Gasteiger partial charge in [-0.25, -0.2) is 0 Å². The molecule has 5 aromatic rings. The van der Waals surface area contributed by atoms with Gasteiger partial charge in [0, 0.05) is 32.7 Å². The lowest BCUT2D eigenvalue weighted by Crippen LogP contribution is -1.98. The highest BCUT2D eigenvalue weighted by Crippen LogP contribution is 2.33. The van der Waals surface area contributed by atoms with Crippen molar-refractivity contribution in [2.24, 2.45) is 0 Å². The Balaban J connectivity index is 2.21. The minimum atomic E-state index is 0.522. The molecule has 0 saturated heterocycles. The van der Waals surface area contributed by atoms with Crippen LogP contribution in [-0.4, -0.2) is 9.97 Å². The number of pyridine rings is 2. The van der Waals surface area contributed by atoms with Gasteiger partial charge in [-0.15, -0.1) is 0 Å². The van der Waals surface area contributed by atoms with Crippen LogP contribution in [0.2, 0.25) is 0 Å². The molecule has 0 radical (unpaired) electrons. The zero-order valence-corrected chi connectivity index (χ0v) is 11.8. The number of hydrogen-bond donors (Lipinski definition) is 3. The molecule has 22 heavy (non-hydrogen) atoms. The molecule has 0 aliphatic heterocycles. The van der Waals surface area contributed by atoms with Crippen molar-refractivity contribution in [1.29, 1.82) is 5.41 Å². The predicted molar refractivity (Wildman–Crippen MR) is 91.0 cm³/mol. The Kier molecular flexibility index (Phi) is 2.09. The van der Waals surface area contributed by atoms with E-state index in [1.165, 1.54) is 16.2 Å². The number of fused-ring (bicyclic) bond motifs is 4. The van der Waals surface area contributed by atoms with Crippen LogP contribution in [0.1, 0.15) is 0 Å². The highest BCUT2D eigenvalue weighted by atomic mass is 14.7. The first-order valence-corrected chi connectivity index (χ1v) is 7.31. The molecule has 0 unspecified atom stereocenters. The molecule has 0 aliphatic rings. The Morgan fingerprint density at radius 3 is 2.41 bits per heavy atom. The van der Waals surface area contributed by atoms with Gasteiger partial charge in [0.1, 0.15) is 0 Å². The van der Waals surface area contributed by atoms with Gasteiger partial charge in [0.15, 0.2) is 0 Å². The van der Waals surface area contributed by atoms with Crippen molar-refractivity contribution in [3.8, 4) is 0 Å². The van der Waals surface area contributed by atoms with E-state index in [9.17, 15) is 0 Å². The number of hydrogen-bond acceptors (Lipinski definition) is 1. The summed E-state index contributed by atoms with van der Waals surface area (Å²) in [7, 11) is 0. The largest absolute Gasteiger partial charge is 0.354 e. The summed E-state index contributed by atoms with van der Waals surface area (Å²) in [6.45, 7) is 0. The first-order chi connectivity index (χ1) is 10.8. The molecule has 3 heteroatoms. The Morgan fingerprint density at radius 1 is 0.636 bits per heavy atom. The van der Waals surface area contributed by atoms with E-state index in [4.69, 9.17) is 5.41 Å². The SMILES string of the molecule is N=c1ccc2c(c1)[nH]c1c3ccccc3[nH]c3cccc2c31. The van der Waals surface area contributed by atoms with Crippen molar-refractivity contribution >= 4 is 43.6 Å². The smallest absolute Gasteiger partial charge is 0.0580 e. The van der Waals surface area contributed by atoms with Crippen LogP contribution in [-0.2, 0) is 0 Å². The van der Waals surface area contributed by atoms with Crippen molar-refractivity contribution in [3.05, 3.63) is 66.0 Å². The van der Waals surface area contributed by atoms with Crippen molar-refractivity contribution in [1.82, 2.24) is 9.97 Å². The van der Waals surface area contributed by atoms with Gasteiger partial charge < -0.3 is 15.4 Å². The van der Waals surface area contributed by atoms with Crippen LogP contribution in [0.4, 0.5) is 0 Å². The third-order valence-corrected chi connectivity index (χ3v) is 4.35. The van der Waals surface area contributed by atoms with E-state index < -0.39 is 0 Å². The average Bonchev–Trinajstić information content (AvgIpc) is 2.54. The van der Waals surface area contributed by atoms with Gasteiger partial charge in [-0.3, -0.25) is 0 Å². The van der Waals surface area contributed by atoms with Crippen LogP contribution in [0.3, 0.4) is 0 Å². The highest BCUT2D eigenvalue weighted by molar-refractivity contribution is 6.23. The van der Waals surface area contributed by atoms with E-state index in [2.05, 4.69) is 46.4 Å². The average molecular weight is 283 g/mol. The number of H-pyrrole nitrogens is 2. The summed E-state index contributed by atoms with van der Waals surface area (Å²) in [5, 5.41) is 13.1. The summed E-state index contributed by atoms with van der Waals surface area (Å²) < 4.78 is 0. The minimum Gasteiger partial charge on any atom is -0.354 e. The van der Waals surface area contributed by atoms with Crippen molar-refractivity contribution in [2.75, 3.05) is 0 Å². The Morgan fingerprint density at radius 2 is 1.45 bits per heavy atom. The molecule has 3 nitrogen and oxygen atoms in total. The van der Waals surface area contributed by atoms with Gasteiger partial charge in [0.2, 0.25) is 0 Å². The third-order valence-electron chi connectivity index (χ3n) is 4.35. The van der Waals surface area contributed by atoms with E-state index in [0.717, 1.165) is 27.5 Å². The van der Waals surface area contributed by atoms with Crippen molar-refractivity contribution < 1.29 is 0 Å². The maximum Gasteiger partial charge on any atom is 0.0580 e. The first kappa shape index (κ1) is 11.6. The number of nitrogens with one attached hydrogen (secondary N) is 3. The Bertz CT molecular complexity index is 1240. The summed E-state index contributed by atoms with van der Waals surface area (Å²) in [6.07, 6.45) is 0. The van der Waals surface area contributed by atoms with E-state index in [1.807, 2.05) is 24.3 Å². The number of para-hydroxylation sites is 1. The molecule has 0 atom stereocenters. The number of benzene rings is 3. The topological polar surface area (TPSA) is 55.4 Å². The molecular weight excluding hydrogens is 270 g/mol. The fourth-order valence-electron chi connectivity index (χ4n) is 3.39. The Labute approximate surface area is 125 Å². The van der Waals surface area contributed by atoms with E-state index >= 15 is 0 Å². The summed E-state index contributed by atoms with van der Waals surface area (Å²) >= 11 is 0. The fraction of sp³-hybridized carbons (Fsp3) is 0. The molecule has 2 heterocycles. The van der Waals surface area contributed by atoms with Crippen LogP contribution >= 0.6 is 0 Å².